The molecule has 0 amide bonds. The molecule has 0 heterocycles. The minimum atomic E-state index is -0.765. The monoisotopic (exact) mass is 441 g/mol. The number of hydrogen-bond acceptors (Lipinski definition) is 6. The molecule has 2 aromatic rings. The molecule has 0 aliphatic rings. The van der Waals surface area contributed by atoms with Gasteiger partial charge in [-0.25, -0.2) is 9.18 Å². The minimum absolute atomic E-state index is 0.00489. The van der Waals surface area contributed by atoms with Crippen molar-refractivity contribution in [2.24, 2.45) is 11.3 Å². The first-order chi connectivity index (χ1) is 15.0. The molecule has 2 unspecified atom stereocenters. The van der Waals surface area contributed by atoms with Crippen LogP contribution in [0.1, 0.15) is 63.4 Å². The molecule has 0 bridgehead atoms. The summed E-state index contributed by atoms with van der Waals surface area (Å²) in [7, 11) is 0. The van der Waals surface area contributed by atoms with Crippen molar-refractivity contribution >= 4 is 11.9 Å². The molecule has 7 heteroatoms. The SMILES string of the molecule is CCCC(OC(=O)C(C)C(C)(C)C)Oc1ccc(C(=O)Oc2ccc(C#N)c(F)c2)cc1. The summed E-state index contributed by atoms with van der Waals surface area (Å²) in [4.78, 5) is 24.7. The van der Waals surface area contributed by atoms with Gasteiger partial charge >= 0.3 is 11.9 Å². The summed E-state index contributed by atoms with van der Waals surface area (Å²) in [6.45, 7) is 9.70. The predicted molar refractivity (Wildman–Crippen MR) is 117 cm³/mol. The maximum Gasteiger partial charge on any atom is 0.343 e. The van der Waals surface area contributed by atoms with Crippen LogP contribution in [0.25, 0.3) is 0 Å². The number of nitriles is 1. The number of esters is 2. The van der Waals surface area contributed by atoms with Crippen LogP contribution in [0.15, 0.2) is 42.5 Å². The zero-order valence-corrected chi connectivity index (χ0v) is 19.0. The van der Waals surface area contributed by atoms with Gasteiger partial charge in [0.1, 0.15) is 23.4 Å². The fourth-order valence-electron chi connectivity index (χ4n) is 2.60. The van der Waals surface area contributed by atoms with Crippen LogP contribution in [0.2, 0.25) is 0 Å². The largest absolute Gasteiger partial charge is 0.455 e. The summed E-state index contributed by atoms with van der Waals surface area (Å²) >= 11 is 0. The molecule has 170 valence electrons. The van der Waals surface area contributed by atoms with Crippen molar-refractivity contribution in [2.45, 2.75) is 53.8 Å². The van der Waals surface area contributed by atoms with Gasteiger partial charge in [-0.3, -0.25) is 4.79 Å². The van der Waals surface area contributed by atoms with Crippen LogP contribution in [-0.4, -0.2) is 18.2 Å². The molecule has 32 heavy (non-hydrogen) atoms. The molecule has 0 radical (unpaired) electrons. The van der Waals surface area contributed by atoms with Crippen molar-refractivity contribution in [3.8, 4) is 17.6 Å². The Morgan fingerprint density at radius 2 is 1.72 bits per heavy atom. The first-order valence-corrected chi connectivity index (χ1v) is 10.4. The van der Waals surface area contributed by atoms with Gasteiger partial charge in [-0.2, -0.15) is 5.26 Å². The zero-order chi connectivity index (χ0) is 23.9. The summed E-state index contributed by atoms with van der Waals surface area (Å²) < 4.78 is 30.2. The summed E-state index contributed by atoms with van der Waals surface area (Å²) in [5, 5.41) is 8.76. The van der Waals surface area contributed by atoms with E-state index in [4.69, 9.17) is 19.5 Å². The minimum Gasteiger partial charge on any atom is -0.455 e. The van der Waals surface area contributed by atoms with Crippen LogP contribution >= 0.6 is 0 Å². The second-order valence-corrected chi connectivity index (χ2v) is 8.53. The van der Waals surface area contributed by atoms with E-state index in [9.17, 15) is 14.0 Å². The Bertz CT molecular complexity index is 989. The third kappa shape index (κ3) is 6.81. The van der Waals surface area contributed by atoms with Gasteiger partial charge in [0, 0.05) is 12.5 Å². The van der Waals surface area contributed by atoms with E-state index in [0.29, 0.717) is 12.2 Å². The fourth-order valence-corrected chi connectivity index (χ4v) is 2.60. The highest BCUT2D eigenvalue weighted by Crippen LogP contribution is 2.27. The van der Waals surface area contributed by atoms with Gasteiger partial charge in [0.05, 0.1) is 17.0 Å². The lowest BCUT2D eigenvalue weighted by atomic mass is 9.82. The molecule has 0 aliphatic carbocycles. The van der Waals surface area contributed by atoms with Crippen molar-refractivity contribution in [3.05, 3.63) is 59.4 Å². The quantitative estimate of drug-likeness (QED) is 0.299. The molecule has 0 spiro atoms. The molecular weight excluding hydrogens is 413 g/mol. The Morgan fingerprint density at radius 1 is 1.09 bits per heavy atom. The predicted octanol–water partition coefficient (Wildman–Crippen LogP) is 5.65. The van der Waals surface area contributed by atoms with Gasteiger partial charge in [0.15, 0.2) is 0 Å². The van der Waals surface area contributed by atoms with Crippen LogP contribution in [0.4, 0.5) is 4.39 Å². The lowest BCUT2D eigenvalue weighted by molar-refractivity contribution is -0.172. The average Bonchev–Trinajstić information content (AvgIpc) is 2.73. The summed E-state index contributed by atoms with van der Waals surface area (Å²) in [5.41, 5.74) is -0.133. The van der Waals surface area contributed by atoms with Gasteiger partial charge < -0.3 is 14.2 Å². The molecule has 0 N–H and O–H groups in total. The Labute approximate surface area is 187 Å². The second-order valence-electron chi connectivity index (χ2n) is 8.53. The van der Waals surface area contributed by atoms with E-state index in [2.05, 4.69) is 0 Å². The number of rotatable bonds is 8. The highest BCUT2D eigenvalue weighted by Gasteiger charge is 2.30. The maximum atomic E-state index is 13.7. The Morgan fingerprint density at radius 3 is 2.25 bits per heavy atom. The number of hydrogen-bond donors (Lipinski definition) is 0. The second kappa shape index (κ2) is 10.8. The number of carbonyl (C=O) groups excluding carboxylic acids is 2. The lowest BCUT2D eigenvalue weighted by Gasteiger charge is -2.27. The molecule has 0 saturated heterocycles. The van der Waals surface area contributed by atoms with Crippen molar-refractivity contribution in [2.75, 3.05) is 0 Å². The molecule has 0 fully saturated rings. The van der Waals surface area contributed by atoms with Crippen molar-refractivity contribution in [3.63, 3.8) is 0 Å². The highest BCUT2D eigenvalue weighted by molar-refractivity contribution is 5.91. The third-order valence-electron chi connectivity index (χ3n) is 5.05. The van der Waals surface area contributed by atoms with E-state index < -0.39 is 18.1 Å². The number of benzene rings is 2. The average molecular weight is 441 g/mol. The van der Waals surface area contributed by atoms with Crippen molar-refractivity contribution in [1.82, 2.24) is 0 Å². The summed E-state index contributed by atoms with van der Waals surface area (Å²) in [6.07, 6.45) is 0.543. The maximum absolute atomic E-state index is 13.7. The molecule has 0 aliphatic heterocycles. The lowest BCUT2D eigenvalue weighted by Crippen LogP contribution is -2.33. The van der Waals surface area contributed by atoms with Crippen LogP contribution < -0.4 is 9.47 Å². The number of nitrogens with zero attached hydrogens (tertiary/aromatic N) is 1. The Balaban J connectivity index is 2.03. The van der Waals surface area contributed by atoms with Gasteiger partial charge in [-0.15, -0.1) is 0 Å². The summed E-state index contributed by atoms with van der Waals surface area (Å²) in [6, 6.07) is 11.4. The standard InChI is InChI=1S/C25H28FNO5/c1-6-7-22(32-23(28)16(2)25(3,4)5)30-19-11-8-17(9-12-19)24(29)31-20-13-10-18(15-27)21(26)14-20/h8-14,16,22H,6-7H2,1-5H3. The van der Waals surface area contributed by atoms with Crippen molar-refractivity contribution < 1.29 is 28.2 Å². The first kappa shape index (κ1) is 24.9. The van der Waals surface area contributed by atoms with E-state index in [-0.39, 0.29) is 34.2 Å². The molecule has 2 atom stereocenters. The van der Waals surface area contributed by atoms with Crippen molar-refractivity contribution in [1.29, 1.82) is 5.26 Å². The highest BCUT2D eigenvalue weighted by atomic mass is 19.1. The summed E-state index contributed by atoms with van der Waals surface area (Å²) in [5.74, 6) is -1.65. The topological polar surface area (TPSA) is 85.6 Å². The van der Waals surface area contributed by atoms with E-state index >= 15 is 0 Å². The number of carbonyl (C=O) groups is 2. The van der Waals surface area contributed by atoms with Gasteiger partial charge in [0.2, 0.25) is 6.29 Å². The molecule has 2 aromatic carbocycles. The van der Waals surface area contributed by atoms with E-state index in [1.54, 1.807) is 18.2 Å². The fraction of sp³-hybridized carbons (Fsp3) is 0.400. The number of halogens is 1. The molecular formula is C25H28FNO5. The van der Waals surface area contributed by atoms with Crippen LogP contribution in [-0.2, 0) is 9.53 Å². The Kier molecular flexibility index (Phi) is 8.36. The molecule has 2 rings (SSSR count). The van der Waals surface area contributed by atoms with Crippen LogP contribution in [0.3, 0.4) is 0 Å². The Hall–Kier alpha value is -3.40. The van der Waals surface area contributed by atoms with Gasteiger partial charge in [-0.05, 0) is 48.2 Å². The molecule has 6 nitrogen and oxygen atoms in total. The van der Waals surface area contributed by atoms with Gasteiger partial charge in [-0.1, -0.05) is 34.6 Å². The molecule has 0 saturated carbocycles. The first-order valence-electron chi connectivity index (χ1n) is 10.4. The van der Waals surface area contributed by atoms with Gasteiger partial charge in [0.25, 0.3) is 0 Å². The van der Waals surface area contributed by atoms with Crippen LogP contribution in [0.5, 0.6) is 11.5 Å². The molecule has 0 aromatic heterocycles. The van der Waals surface area contributed by atoms with E-state index in [1.807, 2.05) is 34.6 Å². The van der Waals surface area contributed by atoms with Crippen LogP contribution in [0, 0.1) is 28.5 Å². The number of ether oxygens (including phenoxy) is 3. The normalized spacial score (nSPS) is 12.9. The smallest absolute Gasteiger partial charge is 0.343 e. The zero-order valence-electron chi connectivity index (χ0n) is 19.0. The van der Waals surface area contributed by atoms with E-state index in [0.717, 1.165) is 12.5 Å². The van der Waals surface area contributed by atoms with E-state index in [1.165, 1.54) is 24.3 Å². The third-order valence-corrected chi connectivity index (χ3v) is 5.05.